The molecule has 132 valence electrons. The van der Waals surface area contributed by atoms with Crippen LogP contribution in [-0.2, 0) is 6.54 Å². The number of amides is 1. The van der Waals surface area contributed by atoms with Crippen LogP contribution in [0.2, 0.25) is 5.02 Å². The van der Waals surface area contributed by atoms with Crippen LogP contribution >= 0.6 is 11.6 Å². The average Bonchev–Trinajstić information content (AvgIpc) is 2.66. The van der Waals surface area contributed by atoms with E-state index in [-0.39, 0.29) is 17.8 Å². The van der Waals surface area contributed by atoms with E-state index in [0.717, 1.165) is 5.56 Å². The molecule has 0 saturated carbocycles. The van der Waals surface area contributed by atoms with Crippen LogP contribution in [0.1, 0.15) is 16.1 Å². The lowest BCUT2D eigenvalue weighted by molar-refractivity contribution is 0.102. The third-order valence-corrected chi connectivity index (χ3v) is 3.94. The van der Waals surface area contributed by atoms with Gasteiger partial charge in [0.15, 0.2) is 0 Å². The van der Waals surface area contributed by atoms with Crippen molar-refractivity contribution in [1.82, 2.24) is 9.78 Å². The molecule has 1 amide bonds. The van der Waals surface area contributed by atoms with Gasteiger partial charge in [-0.2, -0.15) is 5.10 Å². The van der Waals surface area contributed by atoms with Crippen molar-refractivity contribution in [2.45, 2.75) is 6.54 Å². The predicted molar refractivity (Wildman–Crippen MR) is 100.0 cm³/mol. The summed E-state index contributed by atoms with van der Waals surface area (Å²) in [6.07, 6.45) is 0. The summed E-state index contributed by atoms with van der Waals surface area (Å²) >= 11 is 5.86. The Hall–Kier alpha value is -3.12. The molecule has 1 N–H and O–H groups in total. The maximum atomic E-state index is 12.4. The Morgan fingerprint density at radius 2 is 1.77 bits per heavy atom. The number of ether oxygens (including phenoxy) is 1. The van der Waals surface area contributed by atoms with Gasteiger partial charge in [-0.1, -0.05) is 23.7 Å². The average molecular weight is 370 g/mol. The summed E-state index contributed by atoms with van der Waals surface area (Å²) in [7, 11) is 1.57. The number of hydrogen-bond acceptors (Lipinski definition) is 4. The number of benzene rings is 2. The van der Waals surface area contributed by atoms with E-state index in [1.54, 1.807) is 55.6 Å². The SMILES string of the molecule is COc1ccc(NC(=O)c2ccc(=O)n(Cc3ccc(Cl)cc3)n2)cc1. The van der Waals surface area contributed by atoms with Crippen molar-refractivity contribution in [2.75, 3.05) is 12.4 Å². The van der Waals surface area contributed by atoms with Crippen molar-refractivity contribution in [2.24, 2.45) is 0 Å². The summed E-state index contributed by atoms with van der Waals surface area (Å²) in [6, 6.07) is 16.7. The minimum Gasteiger partial charge on any atom is -0.497 e. The number of nitrogens with one attached hydrogen (secondary N) is 1. The van der Waals surface area contributed by atoms with Crippen LogP contribution in [0.15, 0.2) is 65.5 Å². The Morgan fingerprint density at radius 1 is 1.08 bits per heavy atom. The van der Waals surface area contributed by atoms with Gasteiger partial charge in [-0.25, -0.2) is 4.68 Å². The fourth-order valence-corrected chi connectivity index (χ4v) is 2.44. The van der Waals surface area contributed by atoms with Crippen molar-refractivity contribution >= 4 is 23.2 Å². The lowest BCUT2D eigenvalue weighted by Crippen LogP contribution is -2.26. The molecule has 26 heavy (non-hydrogen) atoms. The second-order valence-electron chi connectivity index (χ2n) is 5.52. The minimum atomic E-state index is -0.403. The second kappa shape index (κ2) is 7.84. The zero-order valence-electron chi connectivity index (χ0n) is 14.0. The monoisotopic (exact) mass is 369 g/mol. The van der Waals surface area contributed by atoms with E-state index >= 15 is 0 Å². The zero-order valence-corrected chi connectivity index (χ0v) is 14.7. The molecule has 3 rings (SSSR count). The minimum absolute atomic E-state index is 0.148. The molecule has 2 aromatic carbocycles. The summed E-state index contributed by atoms with van der Waals surface area (Å²) in [5.41, 5.74) is 1.32. The summed E-state index contributed by atoms with van der Waals surface area (Å²) < 4.78 is 6.32. The second-order valence-corrected chi connectivity index (χ2v) is 5.96. The smallest absolute Gasteiger partial charge is 0.276 e. The van der Waals surface area contributed by atoms with Crippen molar-refractivity contribution < 1.29 is 9.53 Å². The number of methoxy groups -OCH3 is 1. The molecular weight excluding hydrogens is 354 g/mol. The highest BCUT2D eigenvalue weighted by Gasteiger charge is 2.10. The topological polar surface area (TPSA) is 73.2 Å². The molecule has 3 aromatic rings. The first-order valence-electron chi connectivity index (χ1n) is 7.83. The Kier molecular flexibility index (Phi) is 5.34. The van der Waals surface area contributed by atoms with Crippen LogP contribution in [0, 0.1) is 0 Å². The molecule has 0 atom stereocenters. The van der Waals surface area contributed by atoms with Gasteiger partial charge in [0.25, 0.3) is 11.5 Å². The summed E-state index contributed by atoms with van der Waals surface area (Å²) in [4.78, 5) is 24.4. The van der Waals surface area contributed by atoms with Crippen molar-refractivity contribution in [3.8, 4) is 5.75 Å². The van der Waals surface area contributed by atoms with Crippen LogP contribution in [0.3, 0.4) is 0 Å². The number of hydrogen-bond donors (Lipinski definition) is 1. The number of carbonyl (C=O) groups excluding carboxylic acids is 1. The molecule has 0 aliphatic rings. The van der Waals surface area contributed by atoms with E-state index in [1.165, 1.54) is 16.8 Å². The number of anilines is 1. The Bertz CT molecular complexity index is 967. The van der Waals surface area contributed by atoms with Crippen LogP contribution in [0.4, 0.5) is 5.69 Å². The van der Waals surface area contributed by atoms with Crippen molar-refractivity contribution in [3.63, 3.8) is 0 Å². The number of nitrogens with zero attached hydrogens (tertiary/aromatic N) is 2. The first-order chi connectivity index (χ1) is 12.5. The molecule has 7 heteroatoms. The quantitative estimate of drug-likeness (QED) is 0.749. The van der Waals surface area contributed by atoms with Gasteiger partial charge in [0.1, 0.15) is 11.4 Å². The fourth-order valence-electron chi connectivity index (χ4n) is 2.32. The Morgan fingerprint density at radius 3 is 2.42 bits per heavy atom. The third kappa shape index (κ3) is 4.29. The first kappa shape index (κ1) is 17.7. The molecule has 0 aliphatic carbocycles. The Balaban J connectivity index is 1.78. The van der Waals surface area contributed by atoms with Crippen LogP contribution in [-0.4, -0.2) is 22.8 Å². The molecule has 0 spiro atoms. The lowest BCUT2D eigenvalue weighted by atomic mass is 10.2. The molecule has 0 aliphatic heterocycles. The fraction of sp³-hybridized carbons (Fsp3) is 0.105. The molecular formula is C19H16ClN3O3. The van der Waals surface area contributed by atoms with Crippen molar-refractivity contribution in [1.29, 1.82) is 0 Å². The molecule has 0 bridgehead atoms. The first-order valence-corrected chi connectivity index (χ1v) is 8.21. The molecule has 0 radical (unpaired) electrons. The van der Waals surface area contributed by atoms with E-state index in [4.69, 9.17) is 16.3 Å². The van der Waals surface area contributed by atoms with E-state index in [9.17, 15) is 9.59 Å². The van der Waals surface area contributed by atoms with Gasteiger partial charge >= 0.3 is 0 Å². The summed E-state index contributed by atoms with van der Waals surface area (Å²) in [5, 5.41) is 7.50. The highest BCUT2D eigenvalue weighted by atomic mass is 35.5. The summed E-state index contributed by atoms with van der Waals surface area (Å²) in [6.45, 7) is 0.250. The maximum Gasteiger partial charge on any atom is 0.276 e. The number of carbonyl (C=O) groups is 1. The zero-order chi connectivity index (χ0) is 18.5. The largest absolute Gasteiger partial charge is 0.497 e. The predicted octanol–water partition coefficient (Wildman–Crippen LogP) is 3.21. The van der Waals surface area contributed by atoms with Crippen LogP contribution in [0.5, 0.6) is 5.75 Å². The van der Waals surface area contributed by atoms with Crippen LogP contribution < -0.4 is 15.6 Å². The van der Waals surface area contributed by atoms with E-state index < -0.39 is 5.91 Å². The van der Waals surface area contributed by atoms with Crippen LogP contribution in [0.25, 0.3) is 0 Å². The molecule has 0 fully saturated rings. The van der Waals surface area contributed by atoms with Gasteiger partial charge in [-0.3, -0.25) is 9.59 Å². The normalized spacial score (nSPS) is 10.4. The standard InChI is InChI=1S/C19H16ClN3O3/c1-26-16-8-6-15(7-9-16)21-19(25)17-10-11-18(24)23(22-17)12-13-2-4-14(20)5-3-13/h2-11H,12H2,1H3,(H,21,25). The van der Waals surface area contributed by atoms with E-state index in [0.29, 0.717) is 16.5 Å². The molecule has 6 nitrogen and oxygen atoms in total. The van der Waals surface area contributed by atoms with Gasteiger partial charge in [-0.05, 0) is 48.0 Å². The molecule has 0 saturated heterocycles. The van der Waals surface area contributed by atoms with Gasteiger partial charge < -0.3 is 10.1 Å². The van der Waals surface area contributed by atoms with Gasteiger partial charge in [-0.15, -0.1) is 0 Å². The third-order valence-electron chi connectivity index (χ3n) is 3.69. The molecule has 1 aromatic heterocycles. The van der Waals surface area contributed by atoms with Gasteiger partial charge in [0.2, 0.25) is 0 Å². The molecule has 1 heterocycles. The van der Waals surface area contributed by atoms with Gasteiger partial charge in [0.05, 0.1) is 13.7 Å². The van der Waals surface area contributed by atoms with E-state index in [2.05, 4.69) is 10.4 Å². The number of aromatic nitrogens is 2. The van der Waals surface area contributed by atoms with Crippen molar-refractivity contribution in [3.05, 3.63) is 87.3 Å². The highest BCUT2D eigenvalue weighted by Crippen LogP contribution is 2.15. The maximum absolute atomic E-state index is 12.4. The van der Waals surface area contributed by atoms with Gasteiger partial charge in [0, 0.05) is 16.8 Å². The highest BCUT2D eigenvalue weighted by molar-refractivity contribution is 6.30. The Labute approximate surface area is 155 Å². The molecule has 0 unspecified atom stereocenters. The number of halogens is 1. The number of rotatable bonds is 5. The summed E-state index contributed by atoms with van der Waals surface area (Å²) in [5.74, 6) is 0.290. The van der Waals surface area contributed by atoms with E-state index in [1.807, 2.05) is 0 Å². The lowest BCUT2D eigenvalue weighted by Gasteiger charge is -2.08.